The number of hydrogen-bond acceptors (Lipinski definition) is 4. The first-order valence-corrected chi connectivity index (χ1v) is 10.6. The number of carbonyl (C=O) groups is 1. The molecule has 1 amide bonds. The summed E-state index contributed by atoms with van der Waals surface area (Å²) in [5.41, 5.74) is 0.304. The predicted octanol–water partition coefficient (Wildman–Crippen LogP) is 1.99. The average Bonchev–Trinajstić information content (AvgIpc) is 3.11. The van der Waals surface area contributed by atoms with E-state index in [9.17, 15) is 18.4 Å². The summed E-state index contributed by atoms with van der Waals surface area (Å²) < 4.78 is 27.7. The third-order valence-corrected chi connectivity index (χ3v) is 6.88. The number of likely N-dealkylation sites (tertiary alicyclic amines) is 1. The highest BCUT2D eigenvalue weighted by atomic mass is 19.1. The van der Waals surface area contributed by atoms with E-state index in [4.69, 9.17) is 0 Å². The topological polar surface area (TPSA) is 85.1 Å². The number of hydrogen-bond donors (Lipinski definition) is 2. The quantitative estimate of drug-likeness (QED) is 0.800. The Hall–Kier alpha value is -2.55. The molecule has 0 radical (unpaired) electrons. The number of aromatic amines is 2. The summed E-state index contributed by atoms with van der Waals surface area (Å²) in [6, 6.07) is 4.18. The van der Waals surface area contributed by atoms with Crippen molar-refractivity contribution in [2.24, 2.45) is 11.8 Å². The molecule has 3 aliphatic heterocycles. The summed E-state index contributed by atoms with van der Waals surface area (Å²) in [6.07, 6.45) is 4.11. The minimum absolute atomic E-state index is 0.0237. The molecule has 2 bridgehead atoms. The van der Waals surface area contributed by atoms with Crippen molar-refractivity contribution in [1.29, 1.82) is 0 Å². The molecule has 7 nitrogen and oxygen atoms in total. The Labute approximate surface area is 172 Å². The van der Waals surface area contributed by atoms with Gasteiger partial charge in [0.05, 0.1) is 6.42 Å². The molecule has 1 aromatic heterocycles. The van der Waals surface area contributed by atoms with E-state index in [2.05, 4.69) is 20.1 Å². The molecule has 0 spiro atoms. The molecule has 3 fully saturated rings. The molecule has 9 heteroatoms. The van der Waals surface area contributed by atoms with Crippen molar-refractivity contribution in [2.45, 2.75) is 44.2 Å². The molecule has 2 N–H and O–H groups in total. The van der Waals surface area contributed by atoms with Crippen LogP contribution >= 0.6 is 0 Å². The number of piperidine rings is 3. The van der Waals surface area contributed by atoms with Crippen molar-refractivity contribution in [3.8, 4) is 0 Å². The highest BCUT2D eigenvalue weighted by Crippen LogP contribution is 2.44. The van der Waals surface area contributed by atoms with Crippen LogP contribution in [0.15, 0.2) is 23.0 Å². The van der Waals surface area contributed by atoms with Gasteiger partial charge in [-0.3, -0.25) is 14.7 Å². The van der Waals surface area contributed by atoms with E-state index >= 15 is 0 Å². The summed E-state index contributed by atoms with van der Waals surface area (Å²) in [5, 5.41) is 6.13. The van der Waals surface area contributed by atoms with E-state index < -0.39 is 17.3 Å². The third kappa shape index (κ3) is 3.66. The minimum Gasteiger partial charge on any atom is -0.342 e. The molecule has 2 aromatic rings. The van der Waals surface area contributed by atoms with Crippen LogP contribution in [0.25, 0.3) is 0 Å². The molecule has 3 saturated heterocycles. The standard InChI is InChI=1S/C21H25F2N5O2/c22-15-5-13(6-16(23)7-15)17-2-1-3-18-14-4-12(10-28(17)18)9-27(11-14)20(29)8-19-24-21(30)26-25-19/h5-7,12,14,17-18H,1-4,8-11H2,(H2,24,25,26,30)/t12-,14+,17+,18-/m0/s1. The van der Waals surface area contributed by atoms with Crippen LogP contribution in [0.2, 0.25) is 0 Å². The van der Waals surface area contributed by atoms with Gasteiger partial charge in [-0.25, -0.2) is 18.7 Å². The molecule has 4 heterocycles. The number of benzene rings is 1. The Morgan fingerprint density at radius 3 is 2.67 bits per heavy atom. The fourth-order valence-electron chi connectivity index (χ4n) is 5.78. The summed E-state index contributed by atoms with van der Waals surface area (Å²) in [6.45, 7) is 2.17. The fourth-order valence-corrected chi connectivity index (χ4v) is 5.78. The molecule has 0 saturated carbocycles. The Balaban J connectivity index is 1.32. The van der Waals surface area contributed by atoms with Gasteiger partial charge in [-0.05, 0) is 55.2 Å². The zero-order chi connectivity index (χ0) is 20.8. The first-order chi connectivity index (χ1) is 14.5. The van der Waals surface area contributed by atoms with Gasteiger partial charge in [-0.1, -0.05) is 0 Å². The van der Waals surface area contributed by atoms with Crippen molar-refractivity contribution in [3.05, 3.63) is 51.7 Å². The second-order valence-electron chi connectivity index (χ2n) is 8.88. The second kappa shape index (κ2) is 7.61. The largest absolute Gasteiger partial charge is 0.342 e. The van der Waals surface area contributed by atoms with Crippen LogP contribution in [0.3, 0.4) is 0 Å². The van der Waals surface area contributed by atoms with Gasteiger partial charge in [0.1, 0.15) is 17.5 Å². The normalized spacial score (nSPS) is 28.9. The van der Waals surface area contributed by atoms with Crippen molar-refractivity contribution < 1.29 is 13.6 Å². The summed E-state index contributed by atoms with van der Waals surface area (Å²) in [5.74, 6) is -0.0502. The lowest BCUT2D eigenvalue weighted by atomic mass is 9.74. The van der Waals surface area contributed by atoms with Crippen LogP contribution in [0.4, 0.5) is 8.78 Å². The summed E-state index contributed by atoms with van der Waals surface area (Å²) in [4.78, 5) is 30.9. The van der Waals surface area contributed by atoms with Crippen LogP contribution in [0, 0.1) is 23.5 Å². The zero-order valence-electron chi connectivity index (χ0n) is 16.6. The Morgan fingerprint density at radius 1 is 1.13 bits per heavy atom. The predicted molar refractivity (Wildman–Crippen MR) is 105 cm³/mol. The number of halogens is 2. The molecular formula is C21H25F2N5O2. The SMILES string of the molecule is O=C(Cc1n[nH]c(=O)[nH]1)N1C[C@@H]2C[C@H](C1)[C@@H]1CCC[C@H](c3cc(F)cc(F)c3)N1C2. The van der Waals surface area contributed by atoms with Gasteiger partial charge in [-0.15, -0.1) is 0 Å². The number of carbonyl (C=O) groups excluding carboxylic acids is 1. The first kappa shape index (κ1) is 19.4. The van der Waals surface area contributed by atoms with E-state index in [1.54, 1.807) is 0 Å². The number of H-pyrrole nitrogens is 2. The van der Waals surface area contributed by atoms with Crippen LogP contribution in [-0.4, -0.2) is 56.6 Å². The monoisotopic (exact) mass is 417 g/mol. The van der Waals surface area contributed by atoms with Gasteiger partial charge < -0.3 is 4.90 Å². The van der Waals surface area contributed by atoms with E-state index in [0.29, 0.717) is 42.4 Å². The van der Waals surface area contributed by atoms with E-state index in [1.165, 1.54) is 12.1 Å². The Morgan fingerprint density at radius 2 is 1.93 bits per heavy atom. The average molecular weight is 417 g/mol. The number of rotatable bonds is 3. The van der Waals surface area contributed by atoms with Crippen molar-refractivity contribution in [3.63, 3.8) is 0 Å². The maximum Gasteiger partial charge on any atom is 0.340 e. The lowest BCUT2D eigenvalue weighted by molar-refractivity contribution is -0.138. The maximum atomic E-state index is 13.8. The van der Waals surface area contributed by atoms with E-state index in [0.717, 1.165) is 38.3 Å². The Kier molecular flexibility index (Phi) is 4.92. The molecule has 5 rings (SSSR count). The van der Waals surface area contributed by atoms with Crippen molar-refractivity contribution in [2.75, 3.05) is 19.6 Å². The van der Waals surface area contributed by atoms with Crippen LogP contribution in [0.1, 0.15) is 43.1 Å². The number of aromatic nitrogens is 3. The third-order valence-electron chi connectivity index (χ3n) is 6.88. The summed E-state index contributed by atoms with van der Waals surface area (Å²) in [7, 11) is 0. The highest BCUT2D eigenvalue weighted by Gasteiger charge is 2.45. The van der Waals surface area contributed by atoms with Gasteiger partial charge in [-0.2, -0.15) is 5.10 Å². The number of nitrogens with zero attached hydrogens (tertiary/aromatic N) is 3. The van der Waals surface area contributed by atoms with E-state index in [1.807, 2.05) is 4.90 Å². The zero-order valence-corrected chi connectivity index (χ0v) is 16.6. The maximum absolute atomic E-state index is 13.8. The first-order valence-electron chi connectivity index (χ1n) is 10.6. The number of amides is 1. The van der Waals surface area contributed by atoms with Gasteiger partial charge in [0.2, 0.25) is 5.91 Å². The number of nitrogens with one attached hydrogen (secondary N) is 2. The van der Waals surface area contributed by atoms with Crippen LogP contribution < -0.4 is 5.69 Å². The highest BCUT2D eigenvalue weighted by molar-refractivity contribution is 5.78. The summed E-state index contributed by atoms with van der Waals surface area (Å²) >= 11 is 0. The Bertz CT molecular complexity index is 985. The molecule has 0 unspecified atom stereocenters. The van der Waals surface area contributed by atoms with Gasteiger partial charge in [0.15, 0.2) is 0 Å². The molecule has 160 valence electrons. The molecule has 4 atom stereocenters. The van der Waals surface area contributed by atoms with Crippen molar-refractivity contribution >= 4 is 5.91 Å². The van der Waals surface area contributed by atoms with Crippen LogP contribution in [0.5, 0.6) is 0 Å². The lowest BCUT2D eigenvalue weighted by Gasteiger charge is -2.55. The van der Waals surface area contributed by atoms with Gasteiger partial charge in [0.25, 0.3) is 0 Å². The van der Waals surface area contributed by atoms with Crippen LogP contribution in [-0.2, 0) is 11.2 Å². The van der Waals surface area contributed by atoms with Crippen molar-refractivity contribution in [1.82, 2.24) is 25.0 Å². The smallest absolute Gasteiger partial charge is 0.340 e. The second-order valence-corrected chi connectivity index (χ2v) is 8.88. The van der Waals surface area contributed by atoms with E-state index in [-0.39, 0.29) is 18.4 Å². The number of fused-ring (bicyclic) bond motifs is 4. The lowest BCUT2D eigenvalue weighted by Crippen LogP contribution is -2.60. The molecule has 1 aromatic carbocycles. The van der Waals surface area contributed by atoms with Gasteiger partial charge >= 0.3 is 5.69 Å². The molecule has 0 aliphatic carbocycles. The molecular weight excluding hydrogens is 392 g/mol. The van der Waals surface area contributed by atoms with Gasteiger partial charge in [0, 0.05) is 37.8 Å². The fraction of sp³-hybridized carbons (Fsp3) is 0.571. The minimum atomic E-state index is -0.530. The molecule has 30 heavy (non-hydrogen) atoms. The molecule has 3 aliphatic rings.